The minimum absolute atomic E-state index is 0.0457. The Morgan fingerprint density at radius 1 is 1.11 bits per heavy atom. The van der Waals surface area contributed by atoms with Crippen molar-refractivity contribution in [1.82, 2.24) is 10.2 Å². The second-order valence-electron chi connectivity index (χ2n) is 6.19. The number of carbonyl (C=O) groups excluding carboxylic acids is 3. The van der Waals surface area contributed by atoms with Crippen molar-refractivity contribution in [2.24, 2.45) is 0 Å². The van der Waals surface area contributed by atoms with Crippen molar-refractivity contribution in [3.8, 4) is 5.75 Å². The van der Waals surface area contributed by atoms with Gasteiger partial charge in [-0.05, 0) is 29.8 Å². The van der Waals surface area contributed by atoms with Crippen molar-refractivity contribution < 1.29 is 19.1 Å². The quantitative estimate of drug-likeness (QED) is 0.794. The third-order valence-electron chi connectivity index (χ3n) is 4.20. The molecule has 0 aromatic heterocycles. The lowest BCUT2D eigenvalue weighted by atomic mass is 10.1. The van der Waals surface area contributed by atoms with Gasteiger partial charge in [0, 0.05) is 30.8 Å². The summed E-state index contributed by atoms with van der Waals surface area (Å²) in [5.41, 5.74) is 1.59. The van der Waals surface area contributed by atoms with E-state index in [0.29, 0.717) is 30.9 Å². The summed E-state index contributed by atoms with van der Waals surface area (Å²) in [5, 5.41) is 2.20. The number of benzene rings is 2. The molecule has 1 aliphatic heterocycles. The number of hydrogen-bond acceptors (Lipinski definition) is 5. The number of carbonyl (C=O) groups is 3. The molecule has 0 radical (unpaired) electrons. The van der Waals surface area contributed by atoms with E-state index in [0.717, 1.165) is 17.3 Å². The van der Waals surface area contributed by atoms with Gasteiger partial charge in [-0.15, -0.1) is 0 Å². The number of likely N-dealkylation sites (N-methyl/N-ethyl adjacent to an activating group) is 1. The molecule has 6 nitrogen and oxygen atoms in total. The van der Waals surface area contributed by atoms with E-state index in [2.05, 4.69) is 5.32 Å². The van der Waals surface area contributed by atoms with Gasteiger partial charge in [0.1, 0.15) is 18.4 Å². The molecule has 2 amide bonds. The monoisotopic (exact) mass is 384 g/mol. The maximum absolute atomic E-state index is 12.3. The van der Waals surface area contributed by atoms with Crippen molar-refractivity contribution in [2.45, 2.75) is 12.5 Å². The van der Waals surface area contributed by atoms with Crippen LogP contribution in [0.2, 0.25) is 0 Å². The maximum atomic E-state index is 12.3. The van der Waals surface area contributed by atoms with Gasteiger partial charge in [0.25, 0.3) is 11.1 Å². The number of nitrogens with zero attached hydrogens (tertiary/aromatic N) is 1. The maximum Gasteiger partial charge on any atom is 0.287 e. The fourth-order valence-electron chi connectivity index (χ4n) is 2.69. The Morgan fingerprint density at radius 3 is 2.44 bits per heavy atom. The Morgan fingerprint density at radius 2 is 1.81 bits per heavy atom. The van der Waals surface area contributed by atoms with Gasteiger partial charge in [0.15, 0.2) is 0 Å². The van der Waals surface area contributed by atoms with Crippen molar-refractivity contribution in [1.29, 1.82) is 0 Å². The van der Waals surface area contributed by atoms with Crippen LogP contribution in [0.4, 0.5) is 4.79 Å². The van der Waals surface area contributed by atoms with Gasteiger partial charge in [-0.3, -0.25) is 14.4 Å². The van der Waals surface area contributed by atoms with Crippen LogP contribution >= 0.6 is 11.8 Å². The standard InChI is InChI=1S/C20H20N2O4S/c1-22(18(23)15-5-3-2-4-6-15)11-12-26-16-9-7-14(8-10-16)13-17-19(24)27-20(25)21-17/h2-10,17H,11-13H2,1H3,(H,21,25). The summed E-state index contributed by atoms with van der Waals surface area (Å²) in [6.45, 7) is 0.845. The van der Waals surface area contributed by atoms with Crippen LogP contribution in [0.1, 0.15) is 15.9 Å². The van der Waals surface area contributed by atoms with Crippen LogP contribution in [0, 0.1) is 0 Å². The molecule has 0 aliphatic carbocycles. The van der Waals surface area contributed by atoms with Crippen LogP contribution in [0.25, 0.3) is 0 Å². The highest BCUT2D eigenvalue weighted by Crippen LogP contribution is 2.20. The minimum atomic E-state index is -0.466. The summed E-state index contributed by atoms with van der Waals surface area (Å²) in [4.78, 5) is 36.7. The highest BCUT2D eigenvalue weighted by Gasteiger charge is 2.31. The first-order chi connectivity index (χ1) is 13.0. The Balaban J connectivity index is 1.45. The summed E-state index contributed by atoms with van der Waals surface area (Å²) in [6.07, 6.45) is 0.464. The third-order valence-corrected chi connectivity index (χ3v) is 4.98. The van der Waals surface area contributed by atoms with Crippen LogP contribution in [-0.4, -0.2) is 47.4 Å². The van der Waals surface area contributed by atoms with Gasteiger partial charge >= 0.3 is 0 Å². The highest BCUT2D eigenvalue weighted by atomic mass is 32.2. The van der Waals surface area contributed by atoms with Gasteiger partial charge in [-0.25, -0.2) is 0 Å². The first kappa shape index (κ1) is 19.0. The van der Waals surface area contributed by atoms with Crippen molar-refractivity contribution in [3.63, 3.8) is 0 Å². The summed E-state index contributed by atoms with van der Waals surface area (Å²) in [6, 6.07) is 16.0. The molecule has 1 fully saturated rings. The molecular weight excluding hydrogens is 364 g/mol. The number of rotatable bonds is 7. The number of thioether (sulfide) groups is 1. The second kappa shape index (κ2) is 8.73. The molecule has 140 valence electrons. The van der Waals surface area contributed by atoms with Crippen LogP contribution in [-0.2, 0) is 11.2 Å². The predicted octanol–water partition coefficient (Wildman–Crippen LogP) is 2.73. The van der Waals surface area contributed by atoms with E-state index >= 15 is 0 Å². The molecule has 1 heterocycles. The van der Waals surface area contributed by atoms with E-state index < -0.39 is 6.04 Å². The number of ether oxygens (including phenoxy) is 1. The Labute approximate surface area is 161 Å². The molecule has 0 bridgehead atoms. The second-order valence-corrected chi connectivity index (χ2v) is 7.17. The minimum Gasteiger partial charge on any atom is -0.492 e. The Hall–Kier alpha value is -2.80. The van der Waals surface area contributed by atoms with Crippen molar-refractivity contribution >= 4 is 28.0 Å². The number of amides is 2. The Kier molecular flexibility index (Phi) is 6.13. The van der Waals surface area contributed by atoms with Gasteiger partial charge in [-0.1, -0.05) is 30.3 Å². The van der Waals surface area contributed by atoms with Gasteiger partial charge < -0.3 is 15.0 Å². The largest absolute Gasteiger partial charge is 0.492 e. The number of nitrogens with one attached hydrogen (secondary N) is 1. The summed E-state index contributed by atoms with van der Waals surface area (Å²) >= 11 is 0.720. The van der Waals surface area contributed by atoms with Gasteiger partial charge in [-0.2, -0.15) is 0 Å². The molecule has 1 atom stereocenters. The molecule has 2 aromatic carbocycles. The van der Waals surface area contributed by atoms with Gasteiger partial charge in [0.05, 0.1) is 6.54 Å². The van der Waals surface area contributed by atoms with E-state index in [1.807, 2.05) is 42.5 Å². The van der Waals surface area contributed by atoms with E-state index in [4.69, 9.17) is 4.74 Å². The third kappa shape index (κ3) is 5.10. The molecule has 3 rings (SSSR count). The predicted molar refractivity (Wildman–Crippen MR) is 104 cm³/mol. The lowest BCUT2D eigenvalue weighted by Gasteiger charge is -2.17. The van der Waals surface area contributed by atoms with Crippen LogP contribution in [0.15, 0.2) is 54.6 Å². The summed E-state index contributed by atoms with van der Waals surface area (Å²) in [7, 11) is 1.74. The van der Waals surface area contributed by atoms with E-state index in [1.54, 1.807) is 24.1 Å². The zero-order chi connectivity index (χ0) is 19.2. The zero-order valence-electron chi connectivity index (χ0n) is 14.9. The van der Waals surface area contributed by atoms with Crippen molar-refractivity contribution in [3.05, 3.63) is 65.7 Å². The molecule has 7 heteroatoms. The first-order valence-electron chi connectivity index (χ1n) is 8.57. The number of hydrogen-bond donors (Lipinski definition) is 1. The van der Waals surface area contributed by atoms with E-state index in [-0.39, 0.29) is 16.3 Å². The molecule has 2 aromatic rings. The highest BCUT2D eigenvalue weighted by molar-refractivity contribution is 8.26. The topological polar surface area (TPSA) is 75.7 Å². The van der Waals surface area contributed by atoms with Gasteiger partial charge in [0.2, 0.25) is 5.12 Å². The average Bonchev–Trinajstić information content (AvgIpc) is 3.00. The SMILES string of the molecule is CN(CCOc1ccc(CC2NC(=O)SC2=O)cc1)C(=O)c1ccccc1. The van der Waals surface area contributed by atoms with Crippen LogP contribution < -0.4 is 10.1 Å². The molecular formula is C20H20N2O4S. The normalized spacial score (nSPS) is 16.1. The van der Waals surface area contributed by atoms with Crippen LogP contribution in [0.5, 0.6) is 5.75 Å². The first-order valence-corrected chi connectivity index (χ1v) is 9.39. The molecule has 1 aliphatic rings. The zero-order valence-corrected chi connectivity index (χ0v) is 15.7. The smallest absolute Gasteiger partial charge is 0.287 e. The summed E-state index contributed by atoms with van der Waals surface area (Å²) < 4.78 is 5.69. The van der Waals surface area contributed by atoms with E-state index in [9.17, 15) is 14.4 Å². The van der Waals surface area contributed by atoms with Crippen LogP contribution in [0.3, 0.4) is 0 Å². The molecule has 1 N–H and O–H groups in total. The fourth-order valence-corrected chi connectivity index (χ4v) is 3.36. The molecule has 1 unspecified atom stereocenters. The van der Waals surface area contributed by atoms with Crippen molar-refractivity contribution in [2.75, 3.05) is 20.2 Å². The molecule has 0 saturated carbocycles. The lowest BCUT2D eigenvalue weighted by molar-refractivity contribution is -0.112. The lowest BCUT2D eigenvalue weighted by Crippen LogP contribution is -2.31. The molecule has 1 saturated heterocycles. The molecule has 27 heavy (non-hydrogen) atoms. The fraction of sp³-hybridized carbons (Fsp3) is 0.250. The molecule has 0 spiro atoms. The summed E-state index contributed by atoms with van der Waals surface area (Å²) in [5.74, 6) is 0.645. The average molecular weight is 384 g/mol. The van der Waals surface area contributed by atoms with E-state index in [1.165, 1.54) is 0 Å². The Bertz CT molecular complexity index is 824.